The first kappa shape index (κ1) is 19.2. The third-order valence-electron chi connectivity index (χ3n) is 6.90. The first-order valence-electron chi connectivity index (χ1n) is 11.1. The van der Waals surface area contributed by atoms with Crippen LogP contribution in [0, 0.1) is 0 Å². The topological polar surface area (TPSA) is 75.9 Å². The summed E-state index contributed by atoms with van der Waals surface area (Å²) in [6.07, 6.45) is 8.61. The maximum atomic E-state index is 12.9. The van der Waals surface area contributed by atoms with E-state index in [2.05, 4.69) is 16.1 Å². The molecular formula is C23H29N5O2. The number of para-hydroxylation sites is 1. The van der Waals surface area contributed by atoms with Crippen LogP contribution in [0.4, 0.5) is 0 Å². The number of amides is 1. The van der Waals surface area contributed by atoms with Crippen molar-refractivity contribution in [2.45, 2.75) is 56.9 Å². The highest BCUT2D eigenvalue weighted by Crippen LogP contribution is 2.33. The Balaban J connectivity index is 1.27. The summed E-state index contributed by atoms with van der Waals surface area (Å²) in [7, 11) is 1.75. The summed E-state index contributed by atoms with van der Waals surface area (Å²) < 4.78 is 3.45. The van der Waals surface area contributed by atoms with Crippen LogP contribution < -0.4 is 5.69 Å². The number of hydrogen-bond donors (Lipinski definition) is 1. The predicted octanol–water partition coefficient (Wildman–Crippen LogP) is 3.13. The van der Waals surface area contributed by atoms with Crippen LogP contribution >= 0.6 is 0 Å². The number of fused-ring (bicyclic) bond motifs is 1. The molecule has 2 aliphatic rings. The van der Waals surface area contributed by atoms with Crippen molar-refractivity contribution in [1.29, 1.82) is 0 Å². The van der Waals surface area contributed by atoms with Crippen molar-refractivity contribution in [3.05, 3.63) is 52.3 Å². The highest BCUT2D eigenvalue weighted by molar-refractivity contribution is 5.88. The smallest absolute Gasteiger partial charge is 0.345 e. The highest BCUT2D eigenvalue weighted by atomic mass is 16.2. The Morgan fingerprint density at radius 2 is 1.87 bits per heavy atom. The third kappa shape index (κ3) is 3.36. The number of carbonyl (C=O) groups is 1. The number of hydrogen-bond acceptors (Lipinski definition) is 3. The first-order valence-corrected chi connectivity index (χ1v) is 11.1. The summed E-state index contributed by atoms with van der Waals surface area (Å²) in [5, 5.41) is 5.72. The minimum Gasteiger partial charge on any atom is -0.361 e. The Kier molecular flexibility index (Phi) is 4.97. The van der Waals surface area contributed by atoms with Gasteiger partial charge in [-0.2, -0.15) is 5.10 Å². The van der Waals surface area contributed by atoms with Gasteiger partial charge in [0.15, 0.2) is 0 Å². The van der Waals surface area contributed by atoms with Crippen LogP contribution in [0.2, 0.25) is 0 Å². The molecule has 3 aromatic rings. The second-order valence-electron chi connectivity index (χ2n) is 8.76. The maximum Gasteiger partial charge on any atom is 0.345 e. The zero-order valence-electron chi connectivity index (χ0n) is 17.5. The molecule has 1 N–H and O–H groups in total. The summed E-state index contributed by atoms with van der Waals surface area (Å²) >= 11 is 0. The molecule has 1 aromatic carbocycles. The second-order valence-corrected chi connectivity index (χ2v) is 8.76. The highest BCUT2D eigenvalue weighted by Gasteiger charge is 2.31. The number of aromatic amines is 1. The maximum absolute atomic E-state index is 12.9. The number of benzene rings is 1. The van der Waals surface area contributed by atoms with Crippen LogP contribution in [0.3, 0.4) is 0 Å². The van der Waals surface area contributed by atoms with E-state index < -0.39 is 0 Å². The molecule has 30 heavy (non-hydrogen) atoms. The second kappa shape index (κ2) is 7.78. The van der Waals surface area contributed by atoms with Gasteiger partial charge in [0.05, 0.1) is 6.42 Å². The van der Waals surface area contributed by atoms with Gasteiger partial charge in [-0.3, -0.25) is 9.36 Å². The lowest BCUT2D eigenvalue weighted by molar-refractivity contribution is -0.131. The van der Waals surface area contributed by atoms with E-state index in [9.17, 15) is 9.59 Å². The van der Waals surface area contributed by atoms with Gasteiger partial charge in [0, 0.05) is 49.2 Å². The SMILES string of the molecule is Cn1nc(C2CCN(C(=O)Cc3c[nH]c4ccccc34)CC2)n(C2CCCC2)c1=O. The normalized spacial score (nSPS) is 18.5. The van der Waals surface area contributed by atoms with E-state index in [0.29, 0.717) is 12.5 Å². The van der Waals surface area contributed by atoms with Gasteiger partial charge in [0.25, 0.3) is 0 Å². The molecule has 0 radical (unpaired) electrons. The van der Waals surface area contributed by atoms with Crippen molar-refractivity contribution in [1.82, 2.24) is 24.2 Å². The molecule has 0 spiro atoms. The van der Waals surface area contributed by atoms with Crippen LogP contribution in [0.15, 0.2) is 35.3 Å². The number of nitrogens with one attached hydrogen (secondary N) is 1. The number of rotatable bonds is 4. The van der Waals surface area contributed by atoms with Crippen molar-refractivity contribution < 1.29 is 4.79 Å². The lowest BCUT2D eigenvalue weighted by atomic mass is 9.95. The molecule has 0 atom stereocenters. The third-order valence-corrected chi connectivity index (χ3v) is 6.90. The van der Waals surface area contributed by atoms with E-state index in [1.807, 2.05) is 33.9 Å². The van der Waals surface area contributed by atoms with Gasteiger partial charge in [-0.1, -0.05) is 31.0 Å². The lowest BCUT2D eigenvalue weighted by Crippen LogP contribution is -2.39. The van der Waals surface area contributed by atoms with Gasteiger partial charge in [0.2, 0.25) is 5.91 Å². The van der Waals surface area contributed by atoms with Crippen LogP contribution in [-0.4, -0.2) is 43.2 Å². The van der Waals surface area contributed by atoms with E-state index in [1.54, 1.807) is 7.05 Å². The fourth-order valence-corrected chi connectivity index (χ4v) is 5.22. The van der Waals surface area contributed by atoms with Gasteiger partial charge in [-0.05, 0) is 37.3 Å². The van der Waals surface area contributed by atoms with Crippen LogP contribution in [0.1, 0.15) is 61.9 Å². The molecule has 2 aromatic heterocycles. The number of nitrogens with zero attached hydrogens (tertiary/aromatic N) is 4. The monoisotopic (exact) mass is 407 g/mol. The van der Waals surface area contributed by atoms with E-state index in [-0.39, 0.29) is 17.5 Å². The minimum atomic E-state index is 0.00902. The van der Waals surface area contributed by atoms with Gasteiger partial charge in [0.1, 0.15) is 5.82 Å². The summed E-state index contributed by atoms with van der Waals surface area (Å²) in [5.74, 6) is 1.35. The lowest BCUT2D eigenvalue weighted by Gasteiger charge is -2.32. The van der Waals surface area contributed by atoms with Crippen molar-refractivity contribution in [2.75, 3.05) is 13.1 Å². The van der Waals surface area contributed by atoms with E-state index >= 15 is 0 Å². The Morgan fingerprint density at radius 1 is 1.13 bits per heavy atom. The summed E-state index contributed by atoms with van der Waals surface area (Å²) in [6.45, 7) is 1.45. The van der Waals surface area contributed by atoms with Crippen LogP contribution in [0.25, 0.3) is 10.9 Å². The minimum absolute atomic E-state index is 0.00902. The summed E-state index contributed by atoms with van der Waals surface area (Å²) in [6, 6.07) is 8.39. The van der Waals surface area contributed by atoms with Crippen molar-refractivity contribution in [3.63, 3.8) is 0 Å². The van der Waals surface area contributed by atoms with Gasteiger partial charge < -0.3 is 9.88 Å². The van der Waals surface area contributed by atoms with Crippen molar-refractivity contribution >= 4 is 16.8 Å². The number of H-pyrrole nitrogens is 1. The predicted molar refractivity (Wildman–Crippen MR) is 116 cm³/mol. The van der Waals surface area contributed by atoms with Crippen molar-refractivity contribution in [3.8, 4) is 0 Å². The number of carbonyl (C=O) groups excluding carboxylic acids is 1. The molecule has 1 saturated heterocycles. The number of likely N-dealkylation sites (tertiary alicyclic amines) is 1. The fraction of sp³-hybridized carbons (Fsp3) is 0.522. The zero-order chi connectivity index (χ0) is 20.7. The number of piperidine rings is 1. The van der Waals surface area contributed by atoms with E-state index in [1.165, 1.54) is 17.5 Å². The molecule has 0 bridgehead atoms. The Labute approximate surface area is 175 Å². The fourth-order valence-electron chi connectivity index (χ4n) is 5.22. The Morgan fingerprint density at radius 3 is 2.63 bits per heavy atom. The van der Waals surface area contributed by atoms with Gasteiger partial charge in [-0.15, -0.1) is 0 Å². The molecule has 7 heteroatoms. The van der Waals surface area contributed by atoms with Crippen LogP contribution in [-0.2, 0) is 18.3 Å². The molecule has 1 saturated carbocycles. The van der Waals surface area contributed by atoms with Gasteiger partial charge in [-0.25, -0.2) is 9.48 Å². The molecule has 0 unspecified atom stereocenters. The van der Waals surface area contributed by atoms with Crippen molar-refractivity contribution in [2.24, 2.45) is 7.05 Å². The molecule has 5 rings (SSSR count). The largest absolute Gasteiger partial charge is 0.361 e. The summed E-state index contributed by atoms with van der Waals surface area (Å²) in [4.78, 5) is 30.8. The Bertz CT molecular complexity index is 1110. The molecule has 2 fully saturated rings. The zero-order valence-corrected chi connectivity index (χ0v) is 17.5. The standard InChI is InChI=1S/C23H29N5O2/c1-26-23(30)28(18-6-2-3-7-18)22(25-26)16-10-12-27(13-11-16)21(29)14-17-15-24-20-9-5-4-8-19(17)20/h4-5,8-9,15-16,18,24H,2-3,6-7,10-14H2,1H3. The first-order chi connectivity index (χ1) is 14.6. The molecule has 7 nitrogen and oxygen atoms in total. The number of aryl methyl sites for hydroxylation is 1. The Hall–Kier alpha value is -2.83. The van der Waals surface area contributed by atoms with Gasteiger partial charge >= 0.3 is 5.69 Å². The quantitative estimate of drug-likeness (QED) is 0.722. The summed E-state index contributed by atoms with van der Waals surface area (Å²) in [5.41, 5.74) is 2.13. The molecule has 1 aliphatic carbocycles. The molecule has 1 amide bonds. The average molecular weight is 408 g/mol. The molecule has 3 heterocycles. The number of aromatic nitrogens is 4. The van der Waals surface area contributed by atoms with Crippen LogP contribution in [0.5, 0.6) is 0 Å². The molecular weight excluding hydrogens is 378 g/mol. The molecule has 1 aliphatic heterocycles. The average Bonchev–Trinajstić information content (AvgIpc) is 3.49. The molecule has 158 valence electrons. The van der Waals surface area contributed by atoms with E-state index in [0.717, 1.165) is 61.1 Å². The van der Waals surface area contributed by atoms with E-state index in [4.69, 9.17) is 0 Å².